The molecule has 1 unspecified atom stereocenters. The van der Waals surface area contributed by atoms with Crippen LogP contribution in [-0.2, 0) is 11.4 Å². The number of aromatic nitrogens is 1. The molecule has 2 aromatic carbocycles. The van der Waals surface area contributed by atoms with Crippen molar-refractivity contribution in [3.05, 3.63) is 95.3 Å². The first-order chi connectivity index (χ1) is 14.0. The fourth-order valence-electron chi connectivity index (χ4n) is 3.25. The molecule has 3 aromatic rings. The number of carbonyl (C=O) groups is 2. The molecule has 0 saturated carbocycles. The molecule has 29 heavy (non-hydrogen) atoms. The Morgan fingerprint density at radius 3 is 2.55 bits per heavy atom. The molecule has 0 fully saturated rings. The van der Waals surface area contributed by atoms with E-state index in [0.717, 1.165) is 16.8 Å². The molecule has 3 rings (SSSR count). The number of rotatable bonds is 9. The van der Waals surface area contributed by atoms with Crippen LogP contribution in [0.15, 0.2) is 72.9 Å². The van der Waals surface area contributed by atoms with Crippen LogP contribution >= 0.6 is 0 Å². The summed E-state index contributed by atoms with van der Waals surface area (Å²) in [5.41, 5.74) is 3.05. The minimum Gasteiger partial charge on any atom is -0.550 e. The molecule has 0 bridgehead atoms. The molecule has 5 heteroatoms. The van der Waals surface area contributed by atoms with Crippen molar-refractivity contribution < 1.29 is 19.4 Å². The zero-order valence-electron chi connectivity index (χ0n) is 16.2. The third-order valence-electron chi connectivity index (χ3n) is 4.75. The summed E-state index contributed by atoms with van der Waals surface area (Å²) in [5.74, 6) is -1.29. The molecule has 0 radical (unpaired) electrons. The van der Waals surface area contributed by atoms with Gasteiger partial charge >= 0.3 is 0 Å². The van der Waals surface area contributed by atoms with Gasteiger partial charge in [0.15, 0.2) is 5.78 Å². The fourth-order valence-corrected chi connectivity index (χ4v) is 3.25. The number of ketones is 1. The summed E-state index contributed by atoms with van der Waals surface area (Å²) in [6.07, 6.45) is 1.70. The third-order valence-corrected chi connectivity index (χ3v) is 4.75. The van der Waals surface area contributed by atoms with Gasteiger partial charge in [0.25, 0.3) is 0 Å². The van der Waals surface area contributed by atoms with Crippen molar-refractivity contribution in [2.45, 2.75) is 32.3 Å². The Labute approximate surface area is 170 Å². The van der Waals surface area contributed by atoms with Crippen molar-refractivity contribution in [2.24, 2.45) is 0 Å². The van der Waals surface area contributed by atoms with E-state index in [9.17, 15) is 14.7 Å². The van der Waals surface area contributed by atoms with Gasteiger partial charge in [-0.3, -0.25) is 9.78 Å². The molecule has 1 atom stereocenters. The zero-order valence-corrected chi connectivity index (χ0v) is 16.2. The maximum Gasteiger partial charge on any atom is 0.170 e. The molecule has 0 spiro atoms. The van der Waals surface area contributed by atoms with Crippen LogP contribution in [0.2, 0.25) is 0 Å². The number of hydrogen-bond acceptors (Lipinski definition) is 5. The summed E-state index contributed by atoms with van der Waals surface area (Å²) in [6, 6.07) is 20.1. The van der Waals surface area contributed by atoms with Crippen LogP contribution in [0.25, 0.3) is 0 Å². The predicted octanol–water partition coefficient (Wildman–Crippen LogP) is 3.47. The second kappa shape index (κ2) is 9.64. The van der Waals surface area contributed by atoms with Crippen LogP contribution in [0.3, 0.4) is 0 Å². The normalized spacial score (nSPS) is 11.6. The van der Waals surface area contributed by atoms with Crippen molar-refractivity contribution in [3.63, 3.8) is 0 Å². The van der Waals surface area contributed by atoms with E-state index in [2.05, 4.69) is 4.98 Å². The number of aryl methyl sites for hydroxylation is 1. The standard InChI is InChI=1S/C24H23NO4/c1-17-7-2-3-11-21(17)22(12-13-23(26)27)24(28)18-8-6-10-20(15-18)29-16-19-9-4-5-14-25-19/h2-11,14-15,22H,12-13,16H2,1H3,(H,26,27)/p-1. The third kappa shape index (κ3) is 5.51. The van der Waals surface area contributed by atoms with Crippen molar-refractivity contribution in [3.8, 4) is 5.75 Å². The highest BCUT2D eigenvalue weighted by molar-refractivity contribution is 6.01. The van der Waals surface area contributed by atoms with E-state index < -0.39 is 11.9 Å². The molecule has 148 valence electrons. The Kier molecular flexibility index (Phi) is 6.74. The maximum atomic E-state index is 13.3. The molecule has 0 saturated heterocycles. The lowest BCUT2D eigenvalue weighted by atomic mass is 9.85. The summed E-state index contributed by atoms with van der Waals surface area (Å²) in [5, 5.41) is 11.0. The lowest BCUT2D eigenvalue weighted by Gasteiger charge is -2.19. The van der Waals surface area contributed by atoms with Crippen molar-refractivity contribution >= 4 is 11.8 Å². The zero-order chi connectivity index (χ0) is 20.6. The largest absolute Gasteiger partial charge is 0.550 e. The van der Waals surface area contributed by atoms with E-state index in [1.54, 1.807) is 30.5 Å². The van der Waals surface area contributed by atoms with E-state index in [1.807, 2.05) is 49.4 Å². The molecule has 0 aliphatic rings. The quantitative estimate of drug-likeness (QED) is 0.525. The monoisotopic (exact) mass is 388 g/mol. The van der Waals surface area contributed by atoms with Gasteiger partial charge in [-0.05, 0) is 55.2 Å². The number of aliphatic carboxylic acids is 1. The van der Waals surface area contributed by atoms with Gasteiger partial charge < -0.3 is 14.6 Å². The fraction of sp³-hybridized carbons (Fsp3) is 0.208. The second-order valence-corrected chi connectivity index (χ2v) is 6.82. The van der Waals surface area contributed by atoms with Gasteiger partial charge in [-0.1, -0.05) is 42.5 Å². The lowest BCUT2D eigenvalue weighted by Crippen LogP contribution is -2.24. The molecule has 0 N–H and O–H groups in total. The molecular formula is C24H22NO4-. The first-order valence-electron chi connectivity index (χ1n) is 9.47. The maximum absolute atomic E-state index is 13.3. The predicted molar refractivity (Wildman–Crippen MR) is 108 cm³/mol. The van der Waals surface area contributed by atoms with Crippen molar-refractivity contribution in [1.29, 1.82) is 0 Å². The molecule has 1 aromatic heterocycles. The van der Waals surface area contributed by atoms with Gasteiger partial charge in [-0.2, -0.15) is 0 Å². The Hall–Kier alpha value is -3.47. The van der Waals surface area contributed by atoms with Gasteiger partial charge in [0.05, 0.1) is 5.69 Å². The highest BCUT2D eigenvalue weighted by atomic mass is 16.5. The van der Waals surface area contributed by atoms with Gasteiger partial charge in [-0.25, -0.2) is 0 Å². The van der Waals surface area contributed by atoms with Crippen molar-refractivity contribution in [1.82, 2.24) is 4.98 Å². The van der Waals surface area contributed by atoms with E-state index in [-0.39, 0.29) is 18.6 Å². The molecule has 1 heterocycles. The first kappa shape index (κ1) is 20.3. The SMILES string of the molecule is Cc1ccccc1C(CCC(=O)[O-])C(=O)c1cccc(OCc2ccccn2)c1. The van der Waals surface area contributed by atoms with Gasteiger partial charge in [0.2, 0.25) is 0 Å². The summed E-state index contributed by atoms with van der Waals surface area (Å²) in [6.45, 7) is 2.21. The Bertz CT molecular complexity index is 985. The summed E-state index contributed by atoms with van der Waals surface area (Å²) >= 11 is 0. The number of nitrogens with zero attached hydrogens (tertiary/aromatic N) is 1. The van der Waals surface area contributed by atoms with E-state index in [4.69, 9.17) is 4.74 Å². The minimum absolute atomic E-state index is 0.135. The second-order valence-electron chi connectivity index (χ2n) is 6.82. The number of ether oxygens (including phenoxy) is 1. The smallest absolute Gasteiger partial charge is 0.170 e. The van der Waals surface area contributed by atoms with Crippen LogP contribution in [0.1, 0.15) is 45.9 Å². The lowest BCUT2D eigenvalue weighted by molar-refractivity contribution is -0.305. The molecule has 5 nitrogen and oxygen atoms in total. The van der Waals surface area contributed by atoms with E-state index in [1.165, 1.54) is 0 Å². The highest BCUT2D eigenvalue weighted by Crippen LogP contribution is 2.29. The van der Waals surface area contributed by atoms with Gasteiger partial charge in [-0.15, -0.1) is 0 Å². The number of hydrogen-bond donors (Lipinski definition) is 0. The number of benzene rings is 2. The van der Waals surface area contributed by atoms with Crippen LogP contribution in [-0.4, -0.2) is 16.7 Å². The van der Waals surface area contributed by atoms with Crippen LogP contribution in [0.5, 0.6) is 5.75 Å². The van der Waals surface area contributed by atoms with Crippen LogP contribution < -0.4 is 9.84 Å². The average Bonchev–Trinajstić information content (AvgIpc) is 2.74. The van der Waals surface area contributed by atoms with E-state index >= 15 is 0 Å². The topological polar surface area (TPSA) is 79.3 Å². The Balaban J connectivity index is 1.81. The van der Waals surface area contributed by atoms with Gasteiger partial charge in [0, 0.05) is 23.6 Å². The number of carboxylic acid groups (broad SMARTS) is 1. The highest BCUT2D eigenvalue weighted by Gasteiger charge is 2.23. The van der Waals surface area contributed by atoms with Crippen LogP contribution in [0, 0.1) is 6.92 Å². The Morgan fingerprint density at radius 2 is 1.83 bits per heavy atom. The number of carboxylic acids is 1. The summed E-state index contributed by atoms with van der Waals surface area (Å²) in [4.78, 5) is 28.5. The Morgan fingerprint density at radius 1 is 1.03 bits per heavy atom. The first-order valence-corrected chi connectivity index (χ1v) is 9.47. The molecule has 0 amide bonds. The molecule has 0 aliphatic heterocycles. The van der Waals surface area contributed by atoms with Crippen LogP contribution in [0.4, 0.5) is 0 Å². The number of carbonyl (C=O) groups excluding carboxylic acids is 2. The van der Waals surface area contributed by atoms with E-state index in [0.29, 0.717) is 17.9 Å². The van der Waals surface area contributed by atoms with Crippen molar-refractivity contribution in [2.75, 3.05) is 0 Å². The average molecular weight is 388 g/mol. The minimum atomic E-state index is -1.16. The number of Topliss-reactive ketones (excluding diaryl/α,β-unsaturated/α-hetero) is 1. The summed E-state index contributed by atoms with van der Waals surface area (Å²) in [7, 11) is 0. The summed E-state index contributed by atoms with van der Waals surface area (Å²) < 4.78 is 5.77. The van der Waals surface area contributed by atoms with Gasteiger partial charge in [0.1, 0.15) is 12.4 Å². The molecular weight excluding hydrogens is 366 g/mol. The number of pyridine rings is 1. The molecule has 0 aliphatic carbocycles.